The molecule has 32 valence electrons. The second kappa shape index (κ2) is 2.51. The lowest BCUT2D eigenvalue weighted by Crippen LogP contribution is -1.91. The molecule has 0 spiro atoms. The molecular formula is C3H5BO2. The van der Waals surface area contributed by atoms with Crippen molar-refractivity contribution < 1.29 is 9.53 Å². The van der Waals surface area contributed by atoms with E-state index in [1.54, 1.807) is 0 Å². The van der Waals surface area contributed by atoms with Gasteiger partial charge in [-0.25, -0.2) is 0 Å². The molecule has 6 heavy (non-hydrogen) atoms. The number of hydrogen-bond acceptors (Lipinski definition) is 2. The van der Waals surface area contributed by atoms with Crippen LogP contribution in [0, 0.1) is 0 Å². The van der Waals surface area contributed by atoms with Crippen molar-refractivity contribution in [2.45, 2.75) is 0 Å². The molecule has 0 aliphatic heterocycles. The highest BCUT2D eigenvalue weighted by atomic mass is 16.5. The van der Waals surface area contributed by atoms with Crippen molar-refractivity contribution in [3.05, 3.63) is 12.8 Å². The zero-order valence-electron chi connectivity index (χ0n) is 3.60. The molecule has 0 radical (unpaired) electrons. The standard InChI is InChI=1S/C3H5BO2/c1-2-6-3(4)5/h2H,1,4H2. The lowest BCUT2D eigenvalue weighted by molar-refractivity contribution is 0.212. The van der Waals surface area contributed by atoms with Gasteiger partial charge in [0.25, 0.3) is 0 Å². The summed E-state index contributed by atoms with van der Waals surface area (Å²) in [6.45, 7) is 3.16. The number of carbonyl (C=O) groups excluding carboxylic acids is 1. The normalized spacial score (nSPS) is 6.67. The van der Waals surface area contributed by atoms with E-state index in [4.69, 9.17) is 0 Å². The Balaban J connectivity index is 3.05. The molecule has 0 saturated carbocycles. The van der Waals surface area contributed by atoms with Crippen LogP contribution in [-0.2, 0) is 4.74 Å². The van der Waals surface area contributed by atoms with E-state index in [1.165, 1.54) is 7.85 Å². The molecule has 0 fully saturated rings. The third-order valence-electron chi connectivity index (χ3n) is 0.249. The van der Waals surface area contributed by atoms with Gasteiger partial charge in [-0.3, -0.25) is 4.79 Å². The van der Waals surface area contributed by atoms with Crippen LogP contribution in [0.2, 0.25) is 0 Å². The van der Waals surface area contributed by atoms with E-state index in [0.29, 0.717) is 0 Å². The van der Waals surface area contributed by atoms with Crippen LogP contribution in [0.3, 0.4) is 0 Å². The lowest BCUT2D eigenvalue weighted by atomic mass is 10.2. The Labute approximate surface area is 37.2 Å². The summed E-state index contributed by atoms with van der Waals surface area (Å²) in [5.41, 5.74) is 0. The first-order valence-electron chi connectivity index (χ1n) is 1.55. The Morgan fingerprint density at radius 2 is 2.50 bits per heavy atom. The summed E-state index contributed by atoms with van der Waals surface area (Å²) in [5, 5.41) is 0. The SMILES string of the molecule is BC(=O)OC=C. The second-order valence-electron chi connectivity index (χ2n) is 0.776. The Morgan fingerprint density at radius 1 is 2.00 bits per heavy atom. The van der Waals surface area contributed by atoms with Crippen molar-refractivity contribution in [1.29, 1.82) is 0 Å². The third kappa shape index (κ3) is 3.27. The molecule has 3 heteroatoms. The average Bonchev–Trinajstić information content (AvgIpc) is 1.35. The Hall–Kier alpha value is -0.725. The van der Waals surface area contributed by atoms with Gasteiger partial charge in [0, 0.05) is 0 Å². The molecule has 0 rings (SSSR count). The molecule has 0 atom stereocenters. The fourth-order valence-electron chi connectivity index (χ4n) is 0.117. The van der Waals surface area contributed by atoms with Crippen LogP contribution in [0.1, 0.15) is 0 Å². The van der Waals surface area contributed by atoms with Crippen molar-refractivity contribution in [1.82, 2.24) is 0 Å². The van der Waals surface area contributed by atoms with Gasteiger partial charge in [-0.05, 0) is 0 Å². The van der Waals surface area contributed by atoms with E-state index >= 15 is 0 Å². The van der Waals surface area contributed by atoms with Crippen molar-refractivity contribution >= 4 is 13.7 Å². The van der Waals surface area contributed by atoms with Crippen LogP contribution < -0.4 is 0 Å². The maximum absolute atomic E-state index is 9.75. The molecule has 2 nitrogen and oxygen atoms in total. The second-order valence-corrected chi connectivity index (χ2v) is 0.776. The third-order valence-corrected chi connectivity index (χ3v) is 0.249. The summed E-state index contributed by atoms with van der Waals surface area (Å²) in [7, 11) is 1.32. The Bertz CT molecular complexity index is 69.2. The van der Waals surface area contributed by atoms with Gasteiger partial charge in [-0.2, -0.15) is 0 Å². The zero-order chi connectivity index (χ0) is 4.99. The van der Waals surface area contributed by atoms with Crippen LogP contribution in [0.15, 0.2) is 12.8 Å². The molecule has 0 aliphatic rings. The minimum absolute atomic E-state index is 0.329. The van der Waals surface area contributed by atoms with Crippen LogP contribution in [-0.4, -0.2) is 13.7 Å². The lowest BCUT2D eigenvalue weighted by Gasteiger charge is -1.83. The molecule has 0 aromatic carbocycles. The van der Waals surface area contributed by atoms with E-state index in [2.05, 4.69) is 11.3 Å². The molecule has 0 amide bonds. The van der Waals surface area contributed by atoms with Crippen molar-refractivity contribution in [2.75, 3.05) is 0 Å². The molecule has 0 aromatic heterocycles. The monoisotopic (exact) mass is 84.0 g/mol. The van der Waals surface area contributed by atoms with Gasteiger partial charge in [0.05, 0.1) is 6.26 Å². The fraction of sp³-hybridized carbons (Fsp3) is 0. The predicted octanol–water partition coefficient (Wildman–Crippen LogP) is -0.100. The highest BCUT2D eigenvalue weighted by Gasteiger charge is 1.79. The van der Waals surface area contributed by atoms with Crippen LogP contribution in [0.25, 0.3) is 0 Å². The fourth-order valence-corrected chi connectivity index (χ4v) is 0.117. The number of rotatable bonds is 1. The van der Waals surface area contributed by atoms with Gasteiger partial charge in [0.1, 0.15) is 0 Å². The highest BCUT2D eigenvalue weighted by molar-refractivity contribution is 6.55. The summed E-state index contributed by atoms with van der Waals surface area (Å²) >= 11 is 0. The maximum atomic E-state index is 9.75. The number of carbonyl (C=O) groups is 1. The van der Waals surface area contributed by atoms with Crippen LogP contribution >= 0.6 is 0 Å². The van der Waals surface area contributed by atoms with E-state index in [1.807, 2.05) is 0 Å². The van der Waals surface area contributed by atoms with Gasteiger partial charge in [-0.15, -0.1) is 0 Å². The van der Waals surface area contributed by atoms with E-state index < -0.39 is 0 Å². The smallest absolute Gasteiger partial charge is 0.247 e. The first kappa shape index (κ1) is 5.27. The summed E-state index contributed by atoms with van der Waals surface area (Å²) in [6.07, 6.45) is 1.10. The van der Waals surface area contributed by atoms with Gasteiger partial charge < -0.3 is 4.74 Å². The summed E-state index contributed by atoms with van der Waals surface area (Å²) < 4.78 is 4.17. The zero-order valence-corrected chi connectivity index (χ0v) is 3.60. The molecular weight excluding hydrogens is 78.8 g/mol. The summed E-state index contributed by atoms with van der Waals surface area (Å²) in [4.78, 5) is 9.75. The van der Waals surface area contributed by atoms with E-state index in [-0.39, 0.29) is 5.87 Å². The molecule has 0 unspecified atom stereocenters. The largest absolute Gasteiger partial charge is 0.444 e. The Kier molecular flexibility index (Phi) is 2.21. The van der Waals surface area contributed by atoms with Gasteiger partial charge >= 0.3 is 0 Å². The molecule has 0 bridgehead atoms. The first-order chi connectivity index (χ1) is 2.77. The number of hydrogen-bond donors (Lipinski definition) is 0. The average molecular weight is 83.9 g/mol. The topological polar surface area (TPSA) is 26.3 Å². The molecule has 0 saturated heterocycles. The van der Waals surface area contributed by atoms with Crippen molar-refractivity contribution in [2.24, 2.45) is 0 Å². The molecule has 0 aromatic rings. The summed E-state index contributed by atoms with van der Waals surface area (Å²) in [5.74, 6) is -0.329. The highest BCUT2D eigenvalue weighted by Crippen LogP contribution is 1.69. The van der Waals surface area contributed by atoms with Crippen molar-refractivity contribution in [3.8, 4) is 0 Å². The van der Waals surface area contributed by atoms with Gasteiger partial charge in [0.15, 0.2) is 0 Å². The van der Waals surface area contributed by atoms with Crippen molar-refractivity contribution in [3.63, 3.8) is 0 Å². The van der Waals surface area contributed by atoms with Crippen LogP contribution in [0.4, 0.5) is 4.79 Å². The Morgan fingerprint density at radius 3 is 2.50 bits per heavy atom. The van der Waals surface area contributed by atoms with E-state index in [9.17, 15) is 4.79 Å². The first-order valence-corrected chi connectivity index (χ1v) is 1.55. The molecule has 0 heterocycles. The minimum atomic E-state index is -0.329. The summed E-state index contributed by atoms with van der Waals surface area (Å²) in [6, 6.07) is 0. The predicted molar refractivity (Wildman–Crippen MR) is 25.2 cm³/mol. The van der Waals surface area contributed by atoms with Gasteiger partial charge in [-0.1, -0.05) is 6.58 Å². The van der Waals surface area contributed by atoms with E-state index in [0.717, 1.165) is 6.26 Å². The maximum Gasteiger partial charge on any atom is 0.247 e. The van der Waals surface area contributed by atoms with Crippen LogP contribution in [0.5, 0.6) is 0 Å². The van der Waals surface area contributed by atoms with Gasteiger partial charge in [0.2, 0.25) is 13.7 Å². The molecule has 0 N–H and O–H groups in total. The number of ether oxygens (including phenoxy) is 1. The molecule has 0 aliphatic carbocycles. The quantitative estimate of drug-likeness (QED) is 0.327. The minimum Gasteiger partial charge on any atom is -0.444 e.